The Morgan fingerprint density at radius 2 is 1.40 bits per heavy atom. The third kappa shape index (κ3) is 17.0. The average Bonchev–Trinajstić information content (AvgIpc) is 4.12. The van der Waals surface area contributed by atoms with Crippen molar-refractivity contribution in [3.63, 3.8) is 0 Å². The van der Waals surface area contributed by atoms with Gasteiger partial charge in [0.05, 0.1) is 33.8 Å². The van der Waals surface area contributed by atoms with E-state index in [2.05, 4.69) is 15.0 Å². The van der Waals surface area contributed by atoms with Gasteiger partial charge >= 0.3 is 53.1 Å². The van der Waals surface area contributed by atoms with E-state index in [-0.39, 0.29) is 66.6 Å². The first kappa shape index (κ1) is 53.7. The van der Waals surface area contributed by atoms with E-state index >= 15 is 0 Å². The average molecular weight is 935 g/mol. The van der Waals surface area contributed by atoms with E-state index in [9.17, 15) is 39.4 Å². The van der Waals surface area contributed by atoms with Gasteiger partial charge in [-0.2, -0.15) is 0 Å². The second-order valence-corrected chi connectivity index (χ2v) is 16.3. The molecule has 7 rings (SSSR count). The summed E-state index contributed by atoms with van der Waals surface area (Å²) in [5.74, 6) is 0. The Balaban J connectivity index is 0.000000333. The monoisotopic (exact) mass is 934 g/mol. The van der Waals surface area contributed by atoms with Crippen molar-refractivity contribution in [3.8, 4) is 22.5 Å². The first-order valence-corrected chi connectivity index (χ1v) is 21.0. The van der Waals surface area contributed by atoms with Gasteiger partial charge in [0.2, 0.25) is 0 Å². The van der Waals surface area contributed by atoms with Gasteiger partial charge in [-0.3, -0.25) is 29.6 Å². The summed E-state index contributed by atoms with van der Waals surface area (Å²) < 4.78 is 11.6. The van der Waals surface area contributed by atoms with Crippen molar-refractivity contribution >= 4 is 46.6 Å². The number of halogens is 1. The van der Waals surface area contributed by atoms with Crippen LogP contribution in [-0.4, -0.2) is 149 Å². The van der Waals surface area contributed by atoms with Gasteiger partial charge in [-0.05, 0) is 70.9 Å². The van der Waals surface area contributed by atoms with Crippen LogP contribution < -0.4 is 29.6 Å². The third-order valence-electron chi connectivity index (χ3n) is 10.4. The molecule has 3 fully saturated rings. The molecule has 4 aromatic rings. The van der Waals surface area contributed by atoms with Gasteiger partial charge < -0.3 is 40.6 Å². The summed E-state index contributed by atoms with van der Waals surface area (Å²) in [6.45, 7) is 9.50. The molecule has 5 heterocycles. The van der Waals surface area contributed by atoms with Crippen LogP contribution in [0, 0.1) is 20.2 Å². The number of rotatable bonds is 6. The van der Waals surface area contributed by atoms with Crippen LogP contribution in [0.4, 0.5) is 30.6 Å². The number of nitrogens with zero attached hydrogens (tertiary/aromatic N) is 9. The number of carboxylic acid groups (broad SMARTS) is 1. The van der Waals surface area contributed by atoms with E-state index in [0.29, 0.717) is 50.3 Å². The first-order valence-electron chi connectivity index (χ1n) is 20.6. The number of non-ortho nitro benzene ring substituents is 2. The van der Waals surface area contributed by atoms with Gasteiger partial charge in [0.1, 0.15) is 11.9 Å². The maximum atomic E-state index is 12.7. The Hall–Kier alpha value is -5.61. The molecule has 2 N–H and O–H groups in total. The van der Waals surface area contributed by atoms with E-state index in [0.717, 1.165) is 37.3 Å². The van der Waals surface area contributed by atoms with Gasteiger partial charge in [0, 0.05) is 107 Å². The number of benzene rings is 2. The fourth-order valence-electron chi connectivity index (χ4n) is 6.75. The zero-order valence-electron chi connectivity index (χ0n) is 38.5. The number of hydrogen-bond acceptors (Lipinski definition) is 12. The summed E-state index contributed by atoms with van der Waals surface area (Å²) in [5.41, 5.74) is 2.10. The van der Waals surface area contributed by atoms with E-state index in [4.69, 9.17) is 26.2 Å². The van der Waals surface area contributed by atoms with Gasteiger partial charge in [0.15, 0.2) is 0 Å². The number of nitrogens with one attached hydrogen (secondary N) is 1. The number of aromatic nitrogens is 4. The molecule has 0 atom stereocenters. The summed E-state index contributed by atoms with van der Waals surface area (Å²) in [4.78, 5) is 84.1. The molecule has 0 unspecified atom stereocenters. The number of aromatic amines is 1. The van der Waals surface area contributed by atoms with E-state index in [1.165, 1.54) is 70.3 Å². The van der Waals surface area contributed by atoms with Crippen molar-refractivity contribution in [2.75, 3.05) is 53.5 Å². The molecular weight excluding hydrogens is 879 g/mol. The minimum absolute atomic E-state index is 0. The van der Waals surface area contributed by atoms with E-state index in [1.807, 2.05) is 20.8 Å². The Labute approximate surface area is 405 Å². The molecule has 3 aliphatic heterocycles. The number of carbonyl (C=O) groups is 4. The molecule has 348 valence electrons. The van der Waals surface area contributed by atoms with Crippen LogP contribution in [0.25, 0.3) is 22.5 Å². The number of H-pyrrole nitrogens is 1. The second-order valence-electron chi connectivity index (χ2n) is 16.0. The molecule has 3 saturated heterocycles. The molecule has 0 radical (unpaired) electrons. The van der Waals surface area contributed by atoms with Crippen LogP contribution in [0.2, 0.25) is 0 Å². The molecule has 0 saturated carbocycles. The quantitative estimate of drug-likeness (QED) is 0.0843. The molecular formula is C42H56ClN10NaO11. The van der Waals surface area contributed by atoms with Crippen LogP contribution in [0.1, 0.15) is 60.7 Å². The first-order chi connectivity index (χ1) is 30.3. The smallest absolute Gasteiger partial charge is 1.00 e. The van der Waals surface area contributed by atoms with Crippen molar-refractivity contribution in [1.29, 1.82) is 0 Å². The Bertz CT molecular complexity index is 2180. The van der Waals surface area contributed by atoms with Crippen molar-refractivity contribution < 1.29 is 74.6 Å². The van der Waals surface area contributed by atoms with Gasteiger partial charge in [-0.25, -0.2) is 24.4 Å². The normalized spacial score (nSPS) is 15.0. The molecule has 0 bridgehead atoms. The molecule has 3 aliphatic rings. The third-order valence-corrected chi connectivity index (χ3v) is 10.6. The number of nitro groups is 2. The zero-order chi connectivity index (χ0) is 47.0. The fraction of sp³-hybridized carbons (Fsp3) is 0.476. The number of hydrogen-bond donors (Lipinski definition) is 2. The van der Waals surface area contributed by atoms with E-state index < -0.39 is 26.9 Å². The second kappa shape index (κ2) is 25.8. The van der Waals surface area contributed by atoms with Gasteiger partial charge in [-0.15, -0.1) is 0 Å². The maximum Gasteiger partial charge on any atom is 1.00 e. The van der Waals surface area contributed by atoms with Crippen LogP contribution >= 0.6 is 11.6 Å². The zero-order valence-corrected chi connectivity index (χ0v) is 40.3. The Morgan fingerprint density at radius 3 is 1.86 bits per heavy atom. The van der Waals surface area contributed by atoms with Crippen LogP contribution in [-0.2, 0) is 9.47 Å². The van der Waals surface area contributed by atoms with E-state index in [1.54, 1.807) is 54.4 Å². The van der Waals surface area contributed by atoms with Crippen LogP contribution in [0.3, 0.4) is 0 Å². The molecule has 2 aromatic carbocycles. The Morgan fingerprint density at radius 1 is 0.877 bits per heavy atom. The minimum atomic E-state index is -0.946. The largest absolute Gasteiger partial charge is 1.00 e. The molecule has 0 aliphatic carbocycles. The summed E-state index contributed by atoms with van der Waals surface area (Å²) in [7, 11) is 3.36. The number of ether oxygens (including phenoxy) is 2. The summed E-state index contributed by atoms with van der Waals surface area (Å²) >= 11 is 5.43. The maximum absolute atomic E-state index is 12.7. The summed E-state index contributed by atoms with van der Waals surface area (Å²) in [6.07, 6.45) is 9.99. The van der Waals surface area contributed by atoms with Gasteiger partial charge in [0.25, 0.3) is 11.4 Å². The number of imidazole rings is 2. The predicted molar refractivity (Wildman–Crippen MR) is 237 cm³/mol. The Kier molecular flexibility index (Phi) is 21.3. The van der Waals surface area contributed by atoms with Crippen molar-refractivity contribution in [2.45, 2.75) is 77.0 Å². The fourth-order valence-corrected chi connectivity index (χ4v) is 6.89. The molecule has 2 aromatic heterocycles. The number of amides is 4. The SMILES string of the molecule is C1CCOC1.CN(C(=O)Cl)C1CCN(C(=O)OC(C)(C)C)CC1.CN(C(=O)n1cnc(-c2cccc([N+](=O)[O-])c2)c1)C1CCN(C(=O)O)CC1.O=[N+]([O-])c1cccc(-c2cnc[nH]2)c1.[H-].[Na+]. The topological polar surface area (TPSA) is 253 Å². The summed E-state index contributed by atoms with van der Waals surface area (Å²) in [6, 6.07) is 12.2. The molecule has 4 amide bonds. The number of piperidine rings is 2. The van der Waals surface area contributed by atoms with Crippen molar-refractivity contribution in [1.82, 2.24) is 39.1 Å². The predicted octanol–water partition coefficient (Wildman–Crippen LogP) is 5.08. The van der Waals surface area contributed by atoms with Crippen LogP contribution in [0.5, 0.6) is 0 Å². The molecule has 23 heteroatoms. The number of likely N-dealkylation sites (tertiary alicyclic amines) is 2. The number of nitro benzene ring substituents is 2. The van der Waals surface area contributed by atoms with Crippen molar-refractivity contribution in [3.05, 3.63) is 93.8 Å². The van der Waals surface area contributed by atoms with Crippen LogP contribution in [0.15, 0.2) is 73.6 Å². The molecule has 21 nitrogen and oxygen atoms in total. The molecule has 65 heavy (non-hydrogen) atoms. The van der Waals surface area contributed by atoms with Crippen molar-refractivity contribution in [2.24, 2.45) is 0 Å². The van der Waals surface area contributed by atoms with Gasteiger partial charge in [-0.1, -0.05) is 24.3 Å². The molecule has 0 spiro atoms. The summed E-state index contributed by atoms with van der Waals surface area (Å²) in [5, 5.41) is 30.0. The number of carbonyl (C=O) groups excluding carboxylic acids is 3. The standard InChI is InChI=1S/C17H19N5O5.C12H21ClN2O3.C9H7N3O2.C4H8O.Na.H/c1-19(13-5-7-20(8-6-13)17(24)25)16(23)21-10-15(18-11-21)12-3-2-4-14(9-12)22(26)27;1-12(2,3)18-11(17)15-7-5-9(6-8-15)14(4)10(13)16;13-12(14)8-3-1-2-7(4-8)9-5-10-6-11-9;1-2-4-5-3-1;;/h2-4,9-11,13H,5-8H2,1H3,(H,24,25);9H,5-8H2,1-4H3;1-6H,(H,10,11);1-4H2;;/q;;;;+1;-1. The minimum Gasteiger partial charge on any atom is -1.00 e.